The number of nitrogens with one attached hydrogen (secondary N) is 1. The normalized spacial score (nSPS) is 11.0. The predicted octanol–water partition coefficient (Wildman–Crippen LogP) is 3.76. The van der Waals surface area contributed by atoms with Gasteiger partial charge in [-0.15, -0.1) is 0 Å². The van der Waals surface area contributed by atoms with Crippen LogP contribution in [0.1, 0.15) is 0 Å². The van der Waals surface area contributed by atoms with Gasteiger partial charge in [-0.3, -0.25) is 0 Å². The van der Waals surface area contributed by atoms with Crippen LogP contribution in [0.2, 0.25) is 5.02 Å². The molecule has 3 N–H and O–H groups in total. The Morgan fingerprint density at radius 1 is 1.08 bits per heavy atom. The van der Waals surface area contributed by atoms with Crippen LogP contribution < -0.4 is 11.1 Å². The Labute approximate surface area is 149 Å². The lowest BCUT2D eigenvalue weighted by Gasteiger charge is -2.05. The molecule has 25 heavy (non-hydrogen) atoms. The van der Waals surface area contributed by atoms with Crippen molar-refractivity contribution < 1.29 is 0 Å². The fraction of sp³-hybridized carbons (Fsp3) is 0.0556. The minimum Gasteiger partial charge on any atom is -0.388 e. The molecule has 0 aliphatic carbocycles. The van der Waals surface area contributed by atoms with Crippen molar-refractivity contribution in [3.05, 3.63) is 59.9 Å². The van der Waals surface area contributed by atoms with Gasteiger partial charge in [0.15, 0.2) is 5.65 Å². The second-order valence-corrected chi connectivity index (χ2v) is 5.96. The van der Waals surface area contributed by atoms with Gasteiger partial charge in [0.05, 0.1) is 11.1 Å². The summed E-state index contributed by atoms with van der Waals surface area (Å²) in [5.41, 5.74) is 10.3. The van der Waals surface area contributed by atoms with E-state index in [-0.39, 0.29) is 0 Å². The number of rotatable bonds is 3. The molecule has 124 valence electrons. The topological polar surface area (TPSA) is 81.7 Å². The van der Waals surface area contributed by atoms with Crippen molar-refractivity contribution in [2.75, 3.05) is 18.1 Å². The zero-order valence-corrected chi connectivity index (χ0v) is 14.2. The summed E-state index contributed by atoms with van der Waals surface area (Å²) < 4.78 is 1.78. The average molecular weight is 351 g/mol. The van der Waals surface area contributed by atoms with Gasteiger partial charge in [-0.25, -0.2) is 14.6 Å². The minimum atomic E-state index is 0.394. The molecule has 4 aromatic rings. The van der Waals surface area contributed by atoms with Crippen LogP contribution in [0.25, 0.3) is 28.0 Å². The third-order valence-electron chi connectivity index (χ3n) is 3.99. The fourth-order valence-electron chi connectivity index (χ4n) is 2.76. The van der Waals surface area contributed by atoms with Crippen molar-refractivity contribution in [2.24, 2.45) is 0 Å². The summed E-state index contributed by atoms with van der Waals surface area (Å²) in [7, 11) is 1.87. The van der Waals surface area contributed by atoms with E-state index in [1.165, 1.54) is 6.33 Å². The highest BCUT2D eigenvalue weighted by Gasteiger charge is 2.18. The first kappa shape index (κ1) is 15.4. The zero-order chi connectivity index (χ0) is 17.4. The Balaban J connectivity index is 2.00. The van der Waals surface area contributed by atoms with E-state index >= 15 is 0 Å². The third kappa shape index (κ3) is 2.66. The van der Waals surface area contributed by atoms with E-state index in [0.29, 0.717) is 16.5 Å². The Bertz CT molecular complexity index is 1060. The van der Waals surface area contributed by atoms with E-state index in [1.54, 1.807) is 4.68 Å². The quantitative estimate of drug-likeness (QED) is 0.588. The first-order valence-electron chi connectivity index (χ1n) is 7.70. The fourth-order valence-corrected chi connectivity index (χ4v) is 2.88. The van der Waals surface area contributed by atoms with Crippen LogP contribution in [0, 0.1) is 0 Å². The van der Waals surface area contributed by atoms with Gasteiger partial charge in [-0.05, 0) is 30.3 Å². The van der Waals surface area contributed by atoms with Crippen molar-refractivity contribution in [1.82, 2.24) is 19.7 Å². The summed E-state index contributed by atoms with van der Waals surface area (Å²) in [4.78, 5) is 8.53. The van der Waals surface area contributed by atoms with Gasteiger partial charge in [0.25, 0.3) is 0 Å². The van der Waals surface area contributed by atoms with E-state index in [1.807, 2.05) is 55.6 Å². The molecule has 0 fully saturated rings. The SMILES string of the molecule is CNc1cccc(-n2nc(-c3ccc(Cl)cc3)c3c(N)ncnc32)c1. The number of benzene rings is 2. The lowest BCUT2D eigenvalue weighted by molar-refractivity contribution is 0.899. The van der Waals surface area contributed by atoms with Crippen LogP contribution in [0.3, 0.4) is 0 Å². The van der Waals surface area contributed by atoms with E-state index < -0.39 is 0 Å². The molecule has 6 nitrogen and oxygen atoms in total. The molecule has 0 radical (unpaired) electrons. The Hall–Kier alpha value is -3.12. The summed E-state index contributed by atoms with van der Waals surface area (Å²) >= 11 is 6.00. The highest BCUT2D eigenvalue weighted by atomic mass is 35.5. The number of aromatic nitrogens is 4. The maximum atomic E-state index is 6.13. The largest absolute Gasteiger partial charge is 0.388 e. The molecule has 0 unspecified atom stereocenters. The smallest absolute Gasteiger partial charge is 0.169 e. The number of hydrogen-bond acceptors (Lipinski definition) is 5. The highest BCUT2D eigenvalue weighted by Crippen LogP contribution is 2.32. The van der Waals surface area contributed by atoms with Crippen LogP contribution in [0.5, 0.6) is 0 Å². The molecule has 0 saturated carbocycles. The van der Waals surface area contributed by atoms with Gasteiger partial charge in [-0.2, -0.15) is 5.10 Å². The van der Waals surface area contributed by atoms with Crippen molar-refractivity contribution in [3.63, 3.8) is 0 Å². The van der Waals surface area contributed by atoms with Crippen LogP contribution in [0.15, 0.2) is 54.9 Å². The first-order chi connectivity index (χ1) is 12.2. The Kier molecular flexibility index (Phi) is 3.74. The zero-order valence-electron chi connectivity index (χ0n) is 13.4. The lowest BCUT2D eigenvalue weighted by Crippen LogP contribution is -2.00. The number of halogens is 1. The van der Waals surface area contributed by atoms with E-state index in [2.05, 4.69) is 15.3 Å². The van der Waals surface area contributed by atoms with Crippen molar-refractivity contribution in [3.8, 4) is 16.9 Å². The highest BCUT2D eigenvalue weighted by molar-refractivity contribution is 6.30. The van der Waals surface area contributed by atoms with Crippen LogP contribution in [0.4, 0.5) is 11.5 Å². The molecule has 0 saturated heterocycles. The van der Waals surface area contributed by atoms with Crippen LogP contribution in [-0.4, -0.2) is 26.8 Å². The molecule has 4 rings (SSSR count). The van der Waals surface area contributed by atoms with Crippen LogP contribution >= 0.6 is 11.6 Å². The maximum Gasteiger partial charge on any atom is 0.169 e. The van der Waals surface area contributed by atoms with E-state index in [0.717, 1.165) is 28.0 Å². The molecule has 2 aromatic heterocycles. The monoisotopic (exact) mass is 350 g/mol. The second-order valence-electron chi connectivity index (χ2n) is 5.53. The van der Waals surface area contributed by atoms with E-state index in [9.17, 15) is 0 Å². The molecule has 0 spiro atoms. The molecule has 2 aromatic carbocycles. The van der Waals surface area contributed by atoms with Gasteiger partial charge in [0.1, 0.15) is 17.8 Å². The maximum absolute atomic E-state index is 6.13. The number of nitrogens with two attached hydrogens (primary N) is 1. The second kappa shape index (κ2) is 6.07. The van der Waals surface area contributed by atoms with Crippen molar-refractivity contribution in [1.29, 1.82) is 0 Å². The summed E-state index contributed by atoms with van der Waals surface area (Å²) in [5.74, 6) is 0.394. The molecule has 2 heterocycles. The molecule has 0 aliphatic heterocycles. The summed E-state index contributed by atoms with van der Waals surface area (Å²) in [6.07, 6.45) is 1.45. The Morgan fingerprint density at radius 2 is 1.88 bits per heavy atom. The number of hydrogen-bond donors (Lipinski definition) is 2. The molecule has 7 heteroatoms. The third-order valence-corrected chi connectivity index (χ3v) is 4.24. The average Bonchev–Trinajstić information content (AvgIpc) is 3.03. The number of anilines is 2. The van der Waals surface area contributed by atoms with Gasteiger partial charge in [-0.1, -0.05) is 29.8 Å². The lowest BCUT2D eigenvalue weighted by atomic mass is 10.1. The molecular weight excluding hydrogens is 336 g/mol. The van der Waals surface area contributed by atoms with E-state index in [4.69, 9.17) is 22.4 Å². The summed E-state index contributed by atoms with van der Waals surface area (Å²) in [5, 5.41) is 9.27. The van der Waals surface area contributed by atoms with Gasteiger partial charge in [0, 0.05) is 23.3 Å². The van der Waals surface area contributed by atoms with Gasteiger partial charge >= 0.3 is 0 Å². The summed E-state index contributed by atoms with van der Waals surface area (Å²) in [6, 6.07) is 15.4. The summed E-state index contributed by atoms with van der Waals surface area (Å²) in [6.45, 7) is 0. The molecule has 0 bridgehead atoms. The van der Waals surface area contributed by atoms with Gasteiger partial charge < -0.3 is 11.1 Å². The number of nitrogen functional groups attached to an aromatic ring is 1. The van der Waals surface area contributed by atoms with Crippen molar-refractivity contribution in [2.45, 2.75) is 0 Å². The minimum absolute atomic E-state index is 0.394. The standard InChI is InChI=1S/C18H15ClN6/c1-21-13-3-2-4-14(9-13)25-18-15(17(20)22-10-23-18)16(24-25)11-5-7-12(19)8-6-11/h2-10,21H,1H3,(H2,20,22,23). The molecule has 0 amide bonds. The number of fused-ring (bicyclic) bond motifs is 1. The molecule has 0 atom stereocenters. The molecule has 0 aliphatic rings. The van der Waals surface area contributed by atoms with Gasteiger partial charge in [0.2, 0.25) is 0 Å². The first-order valence-corrected chi connectivity index (χ1v) is 8.08. The van der Waals surface area contributed by atoms with Crippen molar-refractivity contribution >= 4 is 34.1 Å². The molecular formula is C18H15ClN6. The Morgan fingerprint density at radius 3 is 2.64 bits per heavy atom. The predicted molar refractivity (Wildman–Crippen MR) is 101 cm³/mol. The number of nitrogens with zero attached hydrogens (tertiary/aromatic N) is 4. The van der Waals surface area contributed by atoms with Crippen LogP contribution in [-0.2, 0) is 0 Å².